The molecule has 0 spiro atoms. The SMILES string of the molecule is CC(C)SCc1cc(CSC(C)C)c(O)c(C(C)(C)C)c1.CCC(C)SCc1cc(CSC(C)CC)c(O)c(C(C)(C)C)c1. The normalized spacial score (nSPS) is 13.6. The molecule has 0 fully saturated rings. The summed E-state index contributed by atoms with van der Waals surface area (Å²) in [7, 11) is 0. The molecule has 2 rings (SSSR count). The monoisotopic (exact) mass is 680 g/mol. The Hall–Kier alpha value is -0.560. The Labute approximate surface area is 289 Å². The van der Waals surface area contributed by atoms with Gasteiger partial charge in [0.05, 0.1) is 0 Å². The molecular weight excluding hydrogens is 617 g/mol. The molecule has 2 aromatic rings. The number of hydrogen-bond donors (Lipinski definition) is 2. The molecule has 0 saturated heterocycles. The summed E-state index contributed by atoms with van der Waals surface area (Å²) in [5, 5.41) is 23.9. The molecule has 2 nitrogen and oxygen atoms in total. The standard InChI is InChI=1S/C20H34OS2.C18H30OS2/c1-8-14(3)22-12-16-10-17(13-23-15(4)9-2)19(21)18(11-16)20(5,6)7;1-12(2)20-10-14-8-15(11-21-13(3)4)17(19)16(9-14)18(5,6)7/h10-11,14-15,21H,8-9,12-13H2,1-7H3;8-9,12-13,19H,10-11H2,1-7H3. The van der Waals surface area contributed by atoms with E-state index < -0.39 is 0 Å². The molecule has 2 aromatic carbocycles. The quantitative estimate of drug-likeness (QED) is 0.207. The van der Waals surface area contributed by atoms with Crippen LogP contribution in [0.25, 0.3) is 0 Å². The van der Waals surface area contributed by atoms with Gasteiger partial charge in [-0.05, 0) is 56.4 Å². The topological polar surface area (TPSA) is 40.5 Å². The van der Waals surface area contributed by atoms with Gasteiger partial charge in [-0.25, -0.2) is 0 Å². The molecular formula is C38H64O2S4. The van der Waals surface area contributed by atoms with Gasteiger partial charge in [-0.2, -0.15) is 47.0 Å². The van der Waals surface area contributed by atoms with Crippen LogP contribution in [0.5, 0.6) is 11.5 Å². The van der Waals surface area contributed by atoms with Gasteiger partial charge in [-0.15, -0.1) is 0 Å². The highest BCUT2D eigenvalue weighted by molar-refractivity contribution is 7.99. The molecule has 0 amide bonds. The lowest BCUT2D eigenvalue weighted by atomic mass is 9.84. The maximum atomic E-state index is 10.7. The Kier molecular flexibility index (Phi) is 18.2. The molecule has 0 aromatic heterocycles. The predicted molar refractivity (Wildman–Crippen MR) is 209 cm³/mol. The number of hydrogen-bond acceptors (Lipinski definition) is 6. The van der Waals surface area contributed by atoms with Gasteiger partial charge < -0.3 is 10.2 Å². The number of phenols is 2. The summed E-state index contributed by atoms with van der Waals surface area (Å²) < 4.78 is 0. The first-order chi connectivity index (χ1) is 20.3. The van der Waals surface area contributed by atoms with Gasteiger partial charge in [0, 0.05) is 44.6 Å². The fourth-order valence-electron chi connectivity index (χ4n) is 4.28. The molecule has 44 heavy (non-hydrogen) atoms. The Morgan fingerprint density at radius 2 is 0.841 bits per heavy atom. The summed E-state index contributed by atoms with van der Waals surface area (Å²) in [4.78, 5) is 0. The van der Waals surface area contributed by atoms with Crippen LogP contribution in [0.15, 0.2) is 24.3 Å². The van der Waals surface area contributed by atoms with Crippen LogP contribution in [0.4, 0.5) is 0 Å². The molecule has 0 saturated carbocycles. The van der Waals surface area contributed by atoms with Crippen LogP contribution in [-0.4, -0.2) is 31.2 Å². The summed E-state index contributed by atoms with van der Waals surface area (Å²) in [6, 6.07) is 8.81. The predicted octanol–water partition coefficient (Wildman–Crippen LogP) is 12.7. The molecule has 0 bridgehead atoms. The van der Waals surface area contributed by atoms with Crippen molar-refractivity contribution >= 4 is 47.0 Å². The fourth-order valence-corrected chi connectivity index (χ4v) is 7.50. The van der Waals surface area contributed by atoms with E-state index in [0.717, 1.165) is 45.3 Å². The van der Waals surface area contributed by atoms with Crippen LogP contribution in [0, 0.1) is 0 Å². The molecule has 2 unspecified atom stereocenters. The Balaban J connectivity index is 0.000000442. The maximum Gasteiger partial charge on any atom is 0.123 e. The molecule has 0 aliphatic rings. The van der Waals surface area contributed by atoms with E-state index in [9.17, 15) is 10.2 Å². The van der Waals surface area contributed by atoms with Crippen molar-refractivity contribution in [1.82, 2.24) is 0 Å². The number of benzene rings is 2. The van der Waals surface area contributed by atoms with Gasteiger partial charge >= 0.3 is 0 Å². The fraction of sp³-hybridized carbons (Fsp3) is 0.684. The molecule has 0 heterocycles. The average Bonchev–Trinajstić information content (AvgIpc) is 2.93. The second-order valence-electron chi connectivity index (χ2n) is 14.6. The third kappa shape index (κ3) is 14.9. The molecule has 252 valence electrons. The molecule has 0 radical (unpaired) electrons. The second kappa shape index (κ2) is 19.3. The van der Waals surface area contributed by atoms with Crippen LogP contribution >= 0.6 is 47.0 Å². The van der Waals surface area contributed by atoms with Gasteiger partial charge in [0.1, 0.15) is 11.5 Å². The minimum atomic E-state index is -0.0308. The number of thioether (sulfide) groups is 4. The molecule has 2 atom stereocenters. The van der Waals surface area contributed by atoms with Crippen molar-refractivity contribution in [2.24, 2.45) is 0 Å². The lowest BCUT2D eigenvalue weighted by Crippen LogP contribution is -2.13. The van der Waals surface area contributed by atoms with Crippen molar-refractivity contribution in [3.63, 3.8) is 0 Å². The zero-order valence-electron chi connectivity index (χ0n) is 30.4. The first kappa shape index (κ1) is 41.5. The summed E-state index contributed by atoms with van der Waals surface area (Å²) >= 11 is 7.78. The summed E-state index contributed by atoms with van der Waals surface area (Å²) in [6.07, 6.45) is 2.37. The van der Waals surface area contributed by atoms with Crippen LogP contribution in [0.1, 0.15) is 143 Å². The smallest absolute Gasteiger partial charge is 0.123 e. The van der Waals surface area contributed by atoms with Crippen LogP contribution in [0.3, 0.4) is 0 Å². The summed E-state index contributed by atoms with van der Waals surface area (Å²) in [6.45, 7) is 30.9. The van der Waals surface area contributed by atoms with Crippen molar-refractivity contribution in [3.05, 3.63) is 57.6 Å². The molecule has 0 aliphatic heterocycles. The lowest BCUT2D eigenvalue weighted by molar-refractivity contribution is 0.441. The zero-order chi connectivity index (χ0) is 33.8. The minimum absolute atomic E-state index is 0.0279. The van der Waals surface area contributed by atoms with E-state index in [-0.39, 0.29) is 10.8 Å². The van der Waals surface area contributed by atoms with Gasteiger partial charge in [-0.3, -0.25) is 0 Å². The van der Waals surface area contributed by atoms with E-state index in [2.05, 4.69) is 121 Å². The second-order valence-corrected chi connectivity index (χ2v) is 20.6. The van der Waals surface area contributed by atoms with Crippen molar-refractivity contribution in [2.75, 3.05) is 0 Å². The van der Waals surface area contributed by atoms with Gasteiger partial charge in [0.15, 0.2) is 0 Å². The molecule has 6 heteroatoms. The first-order valence-electron chi connectivity index (χ1n) is 16.5. The molecule has 2 N–H and O–H groups in total. The summed E-state index contributed by atoms with van der Waals surface area (Å²) in [5.74, 6) is 4.82. The highest BCUT2D eigenvalue weighted by atomic mass is 32.2. The van der Waals surface area contributed by atoms with Crippen LogP contribution in [-0.2, 0) is 33.8 Å². The minimum Gasteiger partial charge on any atom is -0.507 e. The average molecular weight is 681 g/mol. The van der Waals surface area contributed by atoms with E-state index in [1.54, 1.807) is 0 Å². The van der Waals surface area contributed by atoms with Crippen molar-refractivity contribution < 1.29 is 10.2 Å². The van der Waals surface area contributed by atoms with Crippen LogP contribution < -0.4 is 0 Å². The Morgan fingerprint density at radius 3 is 1.18 bits per heavy atom. The number of aromatic hydroxyl groups is 2. The summed E-state index contributed by atoms with van der Waals surface area (Å²) in [5.41, 5.74) is 6.95. The van der Waals surface area contributed by atoms with E-state index >= 15 is 0 Å². The third-order valence-electron chi connectivity index (χ3n) is 7.48. The Bertz CT molecular complexity index is 1130. The van der Waals surface area contributed by atoms with Crippen molar-refractivity contribution in [3.8, 4) is 11.5 Å². The van der Waals surface area contributed by atoms with Gasteiger partial charge in [0.2, 0.25) is 0 Å². The number of rotatable bonds is 14. The van der Waals surface area contributed by atoms with Gasteiger partial charge in [0.25, 0.3) is 0 Å². The molecule has 0 aliphatic carbocycles. The lowest BCUT2D eigenvalue weighted by Gasteiger charge is -2.24. The number of phenolic OH excluding ortho intramolecular Hbond substituents is 2. The third-order valence-corrected chi connectivity index (χ3v) is 12.6. The van der Waals surface area contributed by atoms with E-state index in [1.807, 2.05) is 47.0 Å². The zero-order valence-corrected chi connectivity index (χ0v) is 33.7. The highest BCUT2D eigenvalue weighted by Crippen LogP contribution is 2.39. The Morgan fingerprint density at radius 1 is 0.523 bits per heavy atom. The van der Waals surface area contributed by atoms with Gasteiger partial charge in [-0.1, -0.05) is 121 Å². The van der Waals surface area contributed by atoms with E-state index in [4.69, 9.17) is 0 Å². The van der Waals surface area contributed by atoms with Crippen molar-refractivity contribution in [1.29, 1.82) is 0 Å². The largest absolute Gasteiger partial charge is 0.507 e. The van der Waals surface area contributed by atoms with E-state index in [0.29, 0.717) is 32.5 Å². The first-order valence-corrected chi connectivity index (χ1v) is 20.7. The van der Waals surface area contributed by atoms with E-state index in [1.165, 1.54) is 24.0 Å². The van der Waals surface area contributed by atoms with Crippen molar-refractivity contribution in [2.45, 2.75) is 165 Å². The highest BCUT2D eigenvalue weighted by Gasteiger charge is 2.23. The maximum absolute atomic E-state index is 10.7. The van der Waals surface area contributed by atoms with Crippen LogP contribution in [0.2, 0.25) is 0 Å².